The van der Waals surface area contributed by atoms with Crippen LogP contribution in [0.3, 0.4) is 0 Å². The minimum Gasteiger partial charge on any atom is -0.480 e. The molecule has 33 heavy (non-hydrogen) atoms. The number of benzene rings is 1. The maximum atomic E-state index is 12.7. The summed E-state index contributed by atoms with van der Waals surface area (Å²) in [5, 5.41) is 16.7. The van der Waals surface area contributed by atoms with Crippen LogP contribution in [0.2, 0.25) is 0 Å². The molecule has 0 spiro atoms. The second-order valence-electron chi connectivity index (χ2n) is 7.57. The van der Waals surface area contributed by atoms with Gasteiger partial charge in [-0.2, -0.15) is 0 Å². The molecule has 0 bridgehead atoms. The van der Waals surface area contributed by atoms with Gasteiger partial charge in [-0.1, -0.05) is 30.3 Å². The number of ether oxygens (including phenoxy) is 1. The van der Waals surface area contributed by atoms with Crippen molar-refractivity contribution in [2.45, 2.75) is 57.7 Å². The van der Waals surface area contributed by atoms with Gasteiger partial charge in [-0.15, -0.1) is 0 Å². The number of sulfonamides is 1. The Balaban J connectivity index is 0.00000154. The molecule has 1 fully saturated rings. The van der Waals surface area contributed by atoms with Crippen LogP contribution in [0, 0.1) is 0 Å². The Morgan fingerprint density at radius 1 is 1.27 bits per heavy atom. The van der Waals surface area contributed by atoms with Crippen molar-refractivity contribution in [1.29, 1.82) is 0 Å². The predicted octanol–water partition coefficient (Wildman–Crippen LogP) is -0.315. The fourth-order valence-corrected chi connectivity index (χ4v) is 3.38. The van der Waals surface area contributed by atoms with Crippen LogP contribution in [0.25, 0.3) is 0 Å². The van der Waals surface area contributed by atoms with Gasteiger partial charge in [-0.05, 0) is 45.1 Å². The Morgan fingerprint density at radius 3 is 2.36 bits per heavy atom. The molecule has 12 heteroatoms. The number of carboxylic acid groups (broad SMARTS) is 1. The molecular weight excluding hydrogens is 454 g/mol. The molecule has 1 amide bonds. The molecule has 1 unspecified atom stereocenters. The Morgan fingerprint density at radius 2 is 1.85 bits per heavy atom. The van der Waals surface area contributed by atoms with Crippen LogP contribution in [0.4, 0.5) is 0 Å². The first-order chi connectivity index (χ1) is 14.9. The van der Waals surface area contributed by atoms with Crippen molar-refractivity contribution in [2.24, 2.45) is 5.14 Å². The summed E-state index contributed by atoms with van der Waals surface area (Å²) in [7, 11) is -3.17. The highest BCUT2D eigenvalue weighted by atomic mass is 32.2. The summed E-state index contributed by atoms with van der Waals surface area (Å²) < 4.78 is 24.0. The van der Waals surface area contributed by atoms with Gasteiger partial charge in [0.25, 0.3) is 0 Å². The SMILES string of the molecule is CCOC(=O)C(CCc1ccccc1)N[C@@H](C)C(=O)N1CCC[C@H]1C(=O)O.CS(N)(=O)=O.O. The number of nitrogens with zero attached hydrogens (tertiary/aromatic N) is 1. The quantitative estimate of drug-likeness (QED) is 0.394. The Hall–Kier alpha value is -2.54. The van der Waals surface area contributed by atoms with Crippen molar-refractivity contribution >= 4 is 27.9 Å². The zero-order chi connectivity index (χ0) is 24.3. The highest BCUT2D eigenvalue weighted by molar-refractivity contribution is 7.88. The average Bonchev–Trinajstić information content (AvgIpc) is 3.20. The average molecular weight is 490 g/mol. The Kier molecular flexibility index (Phi) is 13.5. The van der Waals surface area contributed by atoms with Gasteiger partial charge in [0.1, 0.15) is 12.1 Å². The third kappa shape index (κ3) is 11.8. The number of aliphatic carboxylic acids is 1. The van der Waals surface area contributed by atoms with E-state index in [4.69, 9.17) is 4.74 Å². The van der Waals surface area contributed by atoms with E-state index in [-0.39, 0.29) is 18.0 Å². The fourth-order valence-electron chi connectivity index (χ4n) is 3.38. The largest absolute Gasteiger partial charge is 0.480 e. The molecule has 1 heterocycles. The molecule has 11 nitrogen and oxygen atoms in total. The molecule has 0 saturated carbocycles. The summed E-state index contributed by atoms with van der Waals surface area (Å²) in [6.45, 7) is 4.09. The van der Waals surface area contributed by atoms with E-state index in [0.29, 0.717) is 32.2 Å². The van der Waals surface area contributed by atoms with Gasteiger partial charge in [0, 0.05) is 6.54 Å². The second-order valence-corrected chi connectivity index (χ2v) is 9.23. The van der Waals surface area contributed by atoms with E-state index >= 15 is 0 Å². The Bertz CT molecular complexity index is 856. The predicted molar refractivity (Wildman–Crippen MR) is 123 cm³/mol. The molecule has 0 radical (unpaired) electrons. The first-order valence-corrected chi connectivity index (χ1v) is 12.4. The molecule has 0 aromatic heterocycles. The van der Waals surface area contributed by atoms with Crippen LogP contribution < -0.4 is 10.5 Å². The molecule has 6 N–H and O–H groups in total. The number of nitrogens with two attached hydrogens (primary N) is 1. The summed E-state index contributed by atoms with van der Waals surface area (Å²) in [4.78, 5) is 37.7. The van der Waals surface area contributed by atoms with Gasteiger partial charge in [0.15, 0.2) is 0 Å². The number of likely N-dealkylation sites (tertiary alicyclic amines) is 1. The minimum absolute atomic E-state index is 0. The Labute approximate surface area is 194 Å². The lowest BCUT2D eigenvalue weighted by atomic mass is 10.0. The van der Waals surface area contributed by atoms with Gasteiger partial charge in [-0.3, -0.25) is 14.9 Å². The summed E-state index contributed by atoms with van der Waals surface area (Å²) in [6, 6.07) is 7.69. The molecule has 1 saturated heterocycles. The van der Waals surface area contributed by atoms with E-state index < -0.39 is 40.1 Å². The molecular formula is C21H35N3O8S. The molecule has 1 aliphatic rings. The number of primary sulfonamides is 1. The van der Waals surface area contributed by atoms with Crippen molar-refractivity contribution < 1.29 is 38.1 Å². The number of esters is 1. The number of carbonyl (C=O) groups excluding carboxylic acids is 2. The third-order valence-electron chi connectivity index (χ3n) is 4.78. The summed E-state index contributed by atoms with van der Waals surface area (Å²) in [5.74, 6) is -1.68. The third-order valence-corrected chi connectivity index (χ3v) is 4.78. The molecule has 188 valence electrons. The van der Waals surface area contributed by atoms with Crippen molar-refractivity contribution in [3.63, 3.8) is 0 Å². The lowest BCUT2D eigenvalue weighted by Crippen LogP contribution is -2.53. The lowest BCUT2D eigenvalue weighted by molar-refractivity contribution is -0.150. The monoisotopic (exact) mass is 489 g/mol. The number of rotatable bonds is 9. The number of aryl methyl sites for hydroxylation is 1. The normalized spacial score (nSPS) is 17.1. The number of amides is 1. The first-order valence-electron chi connectivity index (χ1n) is 10.4. The minimum atomic E-state index is -3.17. The van der Waals surface area contributed by atoms with Crippen LogP contribution in [0.15, 0.2) is 30.3 Å². The fraction of sp³-hybridized carbons (Fsp3) is 0.571. The molecule has 1 aromatic carbocycles. The summed E-state index contributed by atoms with van der Waals surface area (Å²) in [6.07, 6.45) is 3.23. The van der Waals surface area contributed by atoms with E-state index in [9.17, 15) is 27.9 Å². The topological polar surface area (TPSA) is 188 Å². The lowest BCUT2D eigenvalue weighted by Gasteiger charge is -2.27. The first kappa shape index (κ1) is 30.5. The van der Waals surface area contributed by atoms with Crippen LogP contribution in [0.1, 0.15) is 38.7 Å². The summed E-state index contributed by atoms with van der Waals surface area (Å²) >= 11 is 0. The number of carbonyl (C=O) groups is 3. The van der Waals surface area contributed by atoms with E-state index in [1.807, 2.05) is 30.3 Å². The van der Waals surface area contributed by atoms with E-state index in [1.165, 1.54) is 4.90 Å². The molecule has 1 aromatic rings. The zero-order valence-electron chi connectivity index (χ0n) is 19.2. The summed E-state index contributed by atoms with van der Waals surface area (Å²) in [5.41, 5.74) is 1.10. The second kappa shape index (κ2) is 14.6. The van der Waals surface area contributed by atoms with Gasteiger partial charge >= 0.3 is 11.9 Å². The highest BCUT2D eigenvalue weighted by Gasteiger charge is 2.36. The van der Waals surface area contributed by atoms with Crippen LogP contribution in [-0.2, 0) is 35.6 Å². The van der Waals surface area contributed by atoms with Crippen LogP contribution in [-0.4, -0.2) is 79.3 Å². The number of hydrogen-bond acceptors (Lipinski definition) is 7. The molecule has 1 aliphatic heterocycles. The smallest absolute Gasteiger partial charge is 0.326 e. The van der Waals surface area contributed by atoms with E-state index in [0.717, 1.165) is 11.8 Å². The molecule has 2 rings (SSSR count). The van der Waals surface area contributed by atoms with Crippen molar-refractivity contribution in [3.05, 3.63) is 35.9 Å². The van der Waals surface area contributed by atoms with Gasteiger partial charge < -0.3 is 20.2 Å². The maximum Gasteiger partial charge on any atom is 0.326 e. The van der Waals surface area contributed by atoms with Gasteiger partial charge in [0.2, 0.25) is 15.9 Å². The van der Waals surface area contributed by atoms with Crippen molar-refractivity contribution in [3.8, 4) is 0 Å². The zero-order valence-corrected chi connectivity index (χ0v) is 20.0. The van der Waals surface area contributed by atoms with Crippen molar-refractivity contribution in [1.82, 2.24) is 10.2 Å². The molecule has 0 aliphatic carbocycles. The van der Waals surface area contributed by atoms with Crippen LogP contribution in [0.5, 0.6) is 0 Å². The maximum absolute atomic E-state index is 12.7. The van der Waals surface area contributed by atoms with Gasteiger partial charge in [-0.25, -0.2) is 18.4 Å². The standard InChI is InChI=1S/C20H28N2O5.CH5NO2S.H2O/c1-3-27-20(26)16(12-11-15-8-5-4-6-9-15)21-14(2)18(23)22-13-7-10-17(22)19(24)25;1-5(2,3)4;/h4-6,8-9,14,16-17,21H,3,7,10-13H2,1-2H3,(H,24,25);1H3,(H2,2,3,4);1H2/t14-,16?,17-;;/m0../s1. The number of carboxylic acids is 1. The number of nitrogens with one attached hydrogen (secondary N) is 1. The highest BCUT2D eigenvalue weighted by Crippen LogP contribution is 2.19. The van der Waals surface area contributed by atoms with E-state index in [2.05, 4.69) is 10.5 Å². The van der Waals surface area contributed by atoms with Crippen molar-refractivity contribution in [2.75, 3.05) is 19.4 Å². The molecule has 3 atom stereocenters. The van der Waals surface area contributed by atoms with Gasteiger partial charge in [0.05, 0.1) is 18.9 Å². The van der Waals surface area contributed by atoms with E-state index in [1.54, 1.807) is 13.8 Å². The number of hydrogen-bond donors (Lipinski definition) is 3. The van der Waals surface area contributed by atoms with Crippen LogP contribution >= 0.6 is 0 Å².